The second-order valence-corrected chi connectivity index (χ2v) is 6.51. The summed E-state index contributed by atoms with van der Waals surface area (Å²) in [5, 5.41) is 18.4. The summed E-state index contributed by atoms with van der Waals surface area (Å²) in [6, 6.07) is 0. The Bertz CT molecular complexity index is 332. The minimum absolute atomic E-state index is 0.0355. The summed E-state index contributed by atoms with van der Waals surface area (Å²) < 4.78 is 9.79. The molecule has 0 bridgehead atoms. The second-order valence-electron chi connectivity index (χ2n) is 6.51. The lowest BCUT2D eigenvalue weighted by atomic mass is 9.88. The first kappa shape index (κ1) is 20.9. The highest BCUT2D eigenvalue weighted by molar-refractivity contribution is 5.72. The van der Waals surface area contributed by atoms with Crippen molar-refractivity contribution in [3.63, 3.8) is 0 Å². The molecule has 0 aromatic rings. The van der Waals surface area contributed by atoms with Crippen LogP contribution in [-0.4, -0.2) is 47.6 Å². The van der Waals surface area contributed by atoms with Gasteiger partial charge in [0.2, 0.25) is 0 Å². The first-order valence-electron chi connectivity index (χ1n) is 9.17. The largest absolute Gasteiger partial charge is 0.466 e. The maximum atomic E-state index is 11.2. The van der Waals surface area contributed by atoms with Gasteiger partial charge in [-0.15, -0.1) is 0 Å². The summed E-state index contributed by atoms with van der Waals surface area (Å²) >= 11 is 0. The molecule has 6 heteroatoms. The summed E-state index contributed by atoms with van der Waals surface area (Å²) in [7, 11) is 0. The average molecular weight is 344 g/mol. The van der Waals surface area contributed by atoms with Gasteiger partial charge in [-0.1, -0.05) is 0 Å². The molecule has 0 unspecified atom stereocenters. The molecule has 0 aromatic carbocycles. The lowest BCUT2D eigenvalue weighted by molar-refractivity contribution is -0.150. The molecule has 2 saturated carbocycles. The molecule has 0 aromatic heterocycles. The van der Waals surface area contributed by atoms with E-state index < -0.39 is 0 Å². The highest BCUT2D eigenvalue weighted by Crippen LogP contribution is 2.25. The van der Waals surface area contributed by atoms with Crippen molar-refractivity contribution in [3.8, 4) is 0 Å². The SMILES string of the molecule is CCOC(=O)C1CCC(O)CC1.CCOC(=O)C1CCC(O)CC1. The Morgan fingerprint density at radius 2 is 1.00 bits per heavy atom. The molecule has 0 atom stereocenters. The third kappa shape index (κ3) is 7.62. The van der Waals surface area contributed by atoms with Crippen LogP contribution in [0.4, 0.5) is 0 Å². The van der Waals surface area contributed by atoms with Crippen LogP contribution < -0.4 is 0 Å². The van der Waals surface area contributed by atoms with Crippen molar-refractivity contribution in [2.45, 2.75) is 77.4 Å². The zero-order chi connectivity index (χ0) is 17.9. The predicted molar refractivity (Wildman–Crippen MR) is 89.2 cm³/mol. The van der Waals surface area contributed by atoms with E-state index in [1.807, 2.05) is 13.8 Å². The van der Waals surface area contributed by atoms with Crippen molar-refractivity contribution in [1.82, 2.24) is 0 Å². The van der Waals surface area contributed by atoms with Crippen LogP contribution in [0.25, 0.3) is 0 Å². The monoisotopic (exact) mass is 344 g/mol. The third-order valence-corrected chi connectivity index (χ3v) is 4.63. The van der Waals surface area contributed by atoms with Gasteiger partial charge in [-0.05, 0) is 65.2 Å². The fourth-order valence-electron chi connectivity index (χ4n) is 3.14. The van der Waals surface area contributed by atoms with E-state index in [1.54, 1.807) is 0 Å². The minimum atomic E-state index is -0.198. The van der Waals surface area contributed by atoms with Crippen LogP contribution in [0, 0.1) is 11.8 Å². The highest BCUT2D eigenvalue weighted by atomic mass is 16.5. The number of hydrogen-bond acceptors (Lipinski definition) is 6. The molecule has 2 aliphatic carbocycles. The van der Waals surface area contributed by atoms with Gasteiger partial charge in [-0.25, -0.2) is 0 Å². The van der Waals surface area contributed by atoms with E-state index in [2.05, 4.69) is 0 Å². The van der Waals surface area contributed by atoms with Gasteiger partial charge in [-0.3, -0.25) is 9.59 Å². The van der Waals surface area contributed by atoms with Crippen LogP contribution in [0.5, 0.6) is 0 Å². The molecule has 0 spiro atoms. The molecule has 6 nitrogen and oxygen atoms in total. The zero-order valence-corrected chi connectivity index (χ0v) is 14.9. The van der Waals surface area contributed by atoms with Crippen LogP contribution in [-0.2, 0) is 19.1 Å². The molecule has 2 N–H and O–H groups in total. The lowest BCUT2D eigenvalue weighted by Gasteiger charge is -2.23. The number of rotatable bonds is 4. The summed E-state index contributed by atoms with van der Waals surface area (Å²) in [6.07, 6.45) is 5.67. The second kappa shape index (κ2) is 11.4. The Morgan fingerprint density at radius 3 is 1.25 bits per heavy atom. The molecule has 0 heterocycles. The Kier molecular flexibility index (Phi) is 9.95. The van der Waals surface area contributed by atoms with Crippen molar-refractivity contribution in [3.05, 3.63) is 0 Å². The highest BCUT2D eigenvalue weighted by Gasteiger charge is 2.26. The van der Waals surface area contributed by atoms with Gasteiger partial charge in [0, 0.05) is 0 Å². The normalized spacial score (nSPS) is 29.8. The van der Waals surface area contributed by atoms with Gasteiger partial charge in [-0.2, -0.15) is 0 Å². The number of aliphatic hydroxyl groups excluding tert-OH is 2. The maximum absolute atomic E-state index is 11.2. The van der Waals surface area contributed by atoms with Crippen molar-refractivity contribution in [2.24, 2.45) is 11.8 Å². The Labute approximate surface area is 144 Å². The van der Waals surface area contributed by atoms with Crippen LogP contribution >= 0.6 is 0 Å². The predicted octanol–water partition coefficient (Wildman–Crippen LogP) is 2.20. The molecule has 2 fully saturated rings. The van der Waals surface area contributed by atoms with Crippen LogP contribution in [0.1, 0.15) is 65.2 Å². The summed E-state index contributed by atoms with van der Waals surface area (Å²) in [5.41, 5.74) is 0. The molecular weight excluding hydrogens is 312 g/mol. The first-order chi connectivity index (χ1) is 11.5. The number of aliphatic hydroxyl groups is 2. The number of carbonyl (C=O) groups excluding carboxylic acids is 2. The van der Waals surface area contributed by atoms with E-state index >= 15 is 0 Å². The van der Waals surface area contributed by atoms with E-state index in [9.17, 15) is 19.8 Å². The standard InChI is InChI=1S/2C9H16O3/c2*1-2-12-9(11)7-3-5-8(10)6-4-7/h2*7-8,10H,2-6H2,1H3. The molecule has 140 valence electrons. The number of hydrogen-bond donors (Lipinski definition) is 2. The van der Waals surface area contributed by atoms with Crippen molar-refractivity contribution in [1.29, 1.82) is 0 Å². The maximum Gasteiger partial charge on any atom is 0.308 e. The smallest absolute Gasteiger partial charge is 0.308 e. The summed E-state index contributed by atoms with van der Waals surface area (Å²) in [4.78, 5) is 22.4. The van der Waals surface area contributed by atoms with Crippen molar-refractivity contribution in [2.75, 3.05) is 13.2 Å². The number of esters is 2. The average Bonchev–Trinajstić information content (AvgIpc) is 2.57. The van der Waals surface area contributed by atoms with Gasteiger partial charge < -0.3 is 19.7 Å². The van der Waals surface area contributed by atoms with E-state index in [0.717, 1.165) is 51.4 Å². The van der Waals surface area contributed by atoms with Crippen LogP contribution in [0.3, 0.4) is 0 Å². The molecule has 0 aliphatic heterocycles. The van der Waals surface area contributed by atoms with Gasteiger partial charge in [0.25, 0.3) is 0 Å². The molecule has 2 rings (SSSR count). The third-order valence-electron chi connectivity index (χ3n) is 4.63. The molecule has 0 amide bonds. The summed E-state index contributed by atoms with van der Waals surface area (Å²) in [6.45, 7) is 4.54. The molecule has 0 radical (unpaired) electrons. The van der Waals surface area contributed by atoms with E-state index in [1.165, 1.54) is 0 Å². The fourth-order valence-corrected chi connectivity index (χ4v) is 3.14. The molecule has 0 saturated heterocycles. The summed E-state index contributed by atoms with van der Waals surface area (Å²) in [5.74, 6) is -0.115. The van der Waals surface area contributed by atoms with Gasteiger partial charge in [0.15, 0.2) is 0 Å². The molecule has 24 heavy (non-hydrogen) atoms. The Hall–Kier alpha value is -1.14. The Balaban J connectivity index is 0.000000240. The topological polar surface area (TPSA) is 93.1 Å². The van der Waals surface area contributed by atoms with E-state index in [4.69, 9.17) is 9.47 Å². The van der Waals surface area contributed by atoms with Crippen LogP contribution in [0.15, 0.2) is 0 Å². The zero-order valence-electron chi connectivity index (χ0n) is 14.9. The first-order valence-corrected chi connectivity index (χ1v) is 9.17. The Morgan fingerprint density at radius 1 is 0.708 bits per heavy atom. The minimum Gasteiger partial charge on any atom is -0.466 e. The van der Waals surface area contributed by atoms with Crippen molar-refractivity contribution >= 4 is 11.9 Å². The fraction of sp³-hybridized carbons (Fsp3) is 0.889. The van der Waals surface area contributed by atoms with Gasteiger partial charge in [0.1, 0.15) is 0 Å². The molecular formula is C18H32O6. The van der Waals surface area contributed by atoms with Gasteiger partial charge >= 0.3 is 11.9 Å². The van der Waals surface area contributed by atoms with Crippen LogP contribution in [0.2, 0.25) is 0 Å². The van der Waals surface area contributed by atoms with E-state index in [-0.39, 0.29) is 36.0 Å². The lowest BCUT2D eigenvalue weighted by Crippen LogP contribution is -2.25. The quantitative estimate of drug-likeness (QED) is 0.760. The number of carbonyl (C=O) groups is 2. The molecule has 2 aliphatic rings. The number of ether oxygens (including phenoxy) is 2. The van der Waals surface area contributed by atoms with Gasteiger partial charge in [0.05, 0.1) is 37.3 Å². The van der Waals surface area contributed by atoms with E-state index in [0.29, 0.717) is 13.2 Å². The van der Waals surface area contributed by atoms with Crippen molar-refractivity contribution < 1.29 is 29.3 Å².